The summed E-state index contributed by atoms with van der Waals surface area (Å²) in [5, 5.41) is 10.2. The zero-order valence-corrected chi connectivity index (χ0v) is 14.7. The van der Waals surface area contributed by atoms with Crippen molar-refractivity contribution in [3.63, 3.8) is 0 Å². The van der Waals surface area contributed by atoms with E-state index < -0.39 is 0 Å². The van der Waals surface area contributed by atoms with Gasteiger partial charge in [-0.2, -0.15) is 5.10 Å². The predicted octanol–water partition coefficient (Wildman–Crippen LogP) is 2.63. The van der Waals surface area contributed by atoms with E-state index in [2.05, 4.69) is 29.4 Å². The number of nitrogens with one attached hydrogen (secondary N) is 2. The van der Waals surface area contributed by atoms with Crippen molar-refractivity contribution in [2.45, 2.75) is 32.4 Å². The molecule has 6 nitrogen and oxygen atoms in total. The Bertz CT molecular complexity index is 781. The largest absolute Gasteiger partial charge is 0.497 e. The number of nitrogens with zero attached hydrogens (tertiary/aromatic N) is 1. The van der Waals surface area contributed by atoms with E-state index in [1.54, 1.807) is 13.3 Å². The predicted molar refractivity (Wildman–Crippen MR) is 93.5 cm³/mol. The highest BCUT2D eigenvalue weighted by Crippen LogP contribution is 2.52. The van der Waals surface area contributed by atoms with Crippen LogP contribution in [0, 0.1) is 11.3 Å². The molecule has 3 unspecified atom stereocenters. The van der Waals surface area contributed by atoms with Gasteiger partial charge in [0.25, 0.3) is 5.91 Å². The smallest absolute Gasteiger partial charge is 0.255 e. The van der Waals surface area contributed by atoms with Gasteiger partial charge in [0.05, 0.1) is 30.7 Å². The molecule has 0 bridgehead atoms. The summed E-state index contributed by atoms with van der Waals surface area (Å²) in [6.07, 6.45) is 2.85. The molecule has 1 aromatic heterocycles. The molecule has 25 heavy (non-hydrogen) atoms. The summed E-state index contributed by atoms with van der Waals surface area (Å²) < 4.78 is 11.0. The first-order valence-electron chi connectivity index (χ1n) is 8.62. The Morgan fingerprint density at radius 3 is 2.84 bits per heavy atom. The fourth-order valence-corrected chi connectivity index (χ4v) is 4.27. The summed E-state index contributed by atoms with van der Waals surface area (Å²) >= 11 is 0. The van der Waals surface area contributed by atoms with Crippen LogP contribution in [0.2, 0.25) is 0 Å². The third kappa shape index (κ3) is 2.52. The number of hydrogen-bond acceptors (Lipinski definition) is 4. The van der Waals surface area contributed by atoms with E-state index in [-0.39, 0.29) is 23.5 Å². The molecule has 132 valence electrons. The average Bonchev–Trinajstić information content (AvgIpc) is 3.28. The van der Waals surface area contributed by atoms with E-state index >= 15 is 0 Å². The Morgan fingerprint density at radius 1 is 1.36 bits per heavy atom. The molecule has 3 atom stereocenters. The minimum atomic E-state index is -0.0945. The van der Waals surface area contributed by atoms with Gasteiger partial charge >= 0.3 is 0 Å². The summed E-state index contributed by atoms with van der Waals surface area (Å²) in [6, 6.07) is 7.70. The molecule has 0 spiro atoms. The maximum atomic E-state index is 12.9. The molecule has 1 saturated heterocycles. The fraction of sp³-hybridized carbons (Fsp3) is 0.474. The Morgan fingerprint density at radius 2 is 2.12 bits per heavy atom. The molecule has 2 heterocycles. The van der Waals surface area contributed by atoms with Gasteiger partial charge in [-0.15, -0.1) is 0 Å². The lowest BCUT2D eigenvalue weighted by molar-refractivity contribution is -0.108. The van der Waals surface area contributed by atoms with E-state index in [0.717, 1.165) is 30.0 Å². The van der Waals surface area contributed by atoms with Crippen LogP contribution in [0.15, 0.2) is 30.5 Å². The number of methoxy groups -OCH3 is 1. The normalized spacial score (nSPS) is 26.6. The van der Waals surface area contributed by atoms with Gasteiger partial charge in [-0.3, -0.25) is 9.89 Å². The van der Waals surface area contributed by atoms with Crippen molar-refractivity contribution in [2.75, 3.05) is 13.7 Å². The molecular formula is C19H23N3O3. The van der Waals surface area contributed by atoms with Crippen molar-refractivity contribution >= 4 is 5.91 Å². The zero-order chi connectivity index (χ0) is 17.6. The molecule has 1 aliphatic carbocycles. The van der Waals surface area contributed by atoms with Crippen LogP contribution in [-0.4, -0.2) is 42.0 Å². The third-order valence-electron chi connectivity index (χ3n) is 5.65. The van der Waals surface area contributed by atoms with Crippen LogP contribution < -0.4 is 10.1 Å². The van der Waals surface area contributed by atoms with Crippen LogP contribution in [-0.2, 0) is 4.74 Å². The lowest BCUT2D eigenvalue weighted by atomic mass is 9.57. The number of aromatic amines is 1. The van der Waals surface area contributed by atoms with E-state index in [0.29, 0.717) is 11.5 Å². The van der Waals surface area contributed by atoms with Gasteiger partial charge in [-0.1, -0.05) is 13.8 Å². The number of H-pyrrole nitrogens is 1. The Kier molecular flexibility index (Phi) is 3.80. The number of ether oxygens (including phenoxy) is 2. The number of benzene rings is 1. The molecule has 1 aliphatic heterocycles. The molecule has 1 aromatic carbocycles. The summed E-state index contributed by atoms with van der Waals surface area (Å²) in [5.74, 6) is 1.09. The van der Waals surface area contributed by atoms with E-state index in [1.807, 2.05) is 24.3 Å². The Labute approximate surface area is 146 Å². The number of carbonyl (C=O) groups excluding carboxylic acids is 1. The van der Waals surface area contributed by atoms with Crippen LogP contribution in [0.5, 0.6) is 5.75 Å². The summed E-state index contributed by atoms with van der Waals surface area (Å²) in [7, 11) is 1.63. The van der Waals surface area contributed by atoms with Crippen molar-refractivity contribution in [2.24, 2.45) is 11.3 Å². The second-order valence-corrected chi connectivity index (χ2v) is 7.40. The molecule has 1 amide bonds. The first-order chi connectivity index (χ1) is 12.0. The SMILES string of the molecule is COc1ccc(-c2[nH]ncc2C(=O)NC2C3CCOC3C2(C)C)cc1. The van der Waals surface area contributed by atoms with Gasteiger partial charge in [0.2, 0.25) is 0 Å². The maximum absolute atomic E-state index is 12.9. The lowest BCUT2D eigenvalue weighted by Crippen LogP contribution is -2.66. The highest BCUT2D eigenvalue weighted by molar-refractivity contribution is 6.00. The zero-order valence-electron chi connectivity index (χ0n) is 14.7. The molecule has 2 N–H and O–H groups in total. The molecule has 0 radical (unpaired) electrons. The van der Waals surface area contributed by atoms with Gasteiger partial charge in [0, 0.05) is 29.5 Å². The number of hydrogen-bond donors (Lipinski definition) is 2. The van der Waals surface area contributed by atoms with Gasteiger partial charge < -0.3 is 14.8 Å². The minimum absolute atomic E-state index is 0.0408. The van der Waals surface area contributed by atoms with Crippen LogP contribution in [0.3, 0.4) is 0 Å². The van der Waals surface area contributed by atoms with Crippen molar-refractivity contribution in [1.82, 2.24) is 15.5 Å². The summed E-state index contributed by atoms with van der Waals surface area (Å²) in [5.41, 5.74) is 2.14. The topological polar surface area (TPSA) is 76.2 Å². The lowest BCUT2D eigenvalue weighted by Gasteiger charge is -2.54. The second kappa shape index (κ2) is 5.88. The number of amides is 1. The van der Waals surface area contributed by atoms with E-state index in [4.69, 9.17) is 9.47 Å². The van der Waals surface area contributed by atoms with Gasteiger partial charge in [0.15, 0.2) is 0 Å². The quantitative estimate of drug-likeness (QED) is 0.896. The Balaban J connectivity index is 1.54. The first-order valence-corrected chi connectivity index (χ1v) is 8.62. The number of aromatic nitrogens is 2. The van der Waals surface area contributed by atoms with Crippen LogP contribution in [0.25, 0.3) is 11.3 Å². The van der Waals surface area contributed by atoms with Gasteiger partial charge in [0.1, 0.15) is 5.75 Å². The molecular weight excluding hydrogens is 318 g/mol. The summed E-state index contributed by atoms with van der Waals surface area (Å²) in [4.78, 5) is 12.9. The number of carbonyl (C=O) groups is 1. The molecule has 2 fully saturated rings. The number of rotatable bonds is 4. The van der Waals surface area contributed by atoms with E-state index in [9.17, 15) is 4.79 Å². The van der Waals surface area contributed by atoms with Crippen LogP contribution in [0.1, 0.15) is 30.6 Å². The fourth-order valence-electron chi connectivity index (χ4n) is 4.27. The first kappa shape index (κ1) is 16.1. The van der Waals surface area contributed by atoms with Gasteiger partial charge in [-0.05, 0) is 30.7 Å². The standard InChI is InChI=1S/C19H23N3O3/c1-19(2)16(13-8-9-25-17(13)19)21-18(23)14-10-20-22-15(14)11-4-6-12(24-3)7-5-11/h4-7,10,13,16-17H,8-9H2,1-3H3,(H,20,22)(H,21,23). The third-order valence-corrected chi connectivity index (χ3v) is 5.65. The maximum Gasteiger partial charge on any atom is 0.255 e. The highest BCUT2D eigenvalue weighted by Gasteiger charge is 2.59. The van der Waals surface area contributed by atoms with Crippen molar-refractivity contribution in [1.29, 1.82) is 0 Å². The van der Waals surface area contributed by atoms with Gasteiger partial charge in [-0.25, -0.2) is 0 Å². The van der Waals surface area contributed by atoms with Crippen molar-refractivity contribution in [3.8, 4) is 17.0 Å². The molecule has 2 aromatic rings. The van der Waals surface area contributed by atoms with Crippen molar-refractivity contribution in [3.05, 3.63) is 36.0 Å². The van der Waals surface area contributed by atoms with E-state index in [1.165, 1.54) is 0 Å². The van der Waals surface area contributed by atoms with Crippen LogP contribution >= 0.6 is 0 Å². The molecule has 2 aliphatic rings. The van der Waals surface area contributed by atoms with Crippen LogP contribution in [0.4, 0.5) is 0 Å². The highest BCUT2D eigenvalue weighted by atomic mass is 16.5. The second-order valence-electron chi connectivity index (χ2n) is 7.40. The average molecular weight is 341 g/mol. The minimum Gasteiger partial charge on any atom is -0.497 e. The summed E-state index contributed by atoms with van der Waals surface area (Å²) in [6.45, 7) is 5.10. The van der Waals surface area contributed by atoms with Crippen molar-refractivity contribution < 1.29 is 14.3 Å². The molecule has 1 saturated carbocycles. The molecule has 6 heteroatoms. The monoisotopic (exact) mass is 341 g/mol. The molecule has 4 rings (SSSR count). The Hall–Kier alpha value is -2.34. The number of fused-ring (bicyclic) bond motifs is 1.